The lowest BCUT2D eigenvalue weighted by Crippen LogP contribution is -2.20. The van der Waals surface area contributed by atoms with Gasteiger partial charge in [0.05, 0.1) is 5.56 Å². The lowest BCUT2D eigenvalue weighted by Gasteiger charge is -2.05. The monoisotopic (exact) mass is 246 g/mol. The predicted octanol–water partition coefficient (Wildman–Crippen LogP) is 1.22. The van der Waals surface area contributed by atoms with Gasteiger partial charge in [-0.25, -0.2) is 14.4 Å². The Balaban J connectivity index is 2.40. The van der Waals surface area contributed by atoms with Gasteiger partial charge in [-0.3, -0.25) is 4.79 Å². The smallest absolute Gasteiger partial charge is 0.256 e. The summed E-state index contributed by atoms with van der Waals surface area (Å²) in [4.78, 5) is 19.5. The van der Waals surface area contributed by atoms with Crippen molar-refractivity contribution in [3.63, 3.8) is 0 Å². The standard InChI is InChI=1S/C12H11FN4O/c1-15-12(18)9-6-16-11(17-10(9)14)7-2-4-8(13)5-3-7/h2-6H,1H3,(H,15,18)(H2,14,16,17). The fourth-order valence-corrected chi connectivity index (χ4v) is 1.44. The summed E-state index contributed by atoms with van der Waals surface area (Å²) >= 11 is 0. The highest BCUT2D eigenvalue weighted by molar-refractivity contribution is 5.98. The van der Waals surface area contributed by atoms with Crippen LogP contribution in [0.5, 0.6) is 0 Å². The third-order valence-electron chi connectivity index (χ3n) is 2.39. The first-order valence-corrected chi connectivity index (χ1v) is 5.22. The van der Waals surface area contributed by atoms with Gasteiger partial charge in [-0.2, -0.15) is 0 Å². The minimum Gasteiger partial charge on any atom is -0.383 e. The Morgan fingerprint density at radius 3 is 2.56 bits per heavy atom. The van der Waals surface area contributed by atoms with Crippen LogP contribution in [0.4, 0.5) is 10.2 Å². The second-order valence-electron chi connectivity index (χ2n) is 3.58. The number of hydrogen-bond donors (Lipinski definition) is 2. The second kappa shape index (κ2) is 4.79. The molecule has 0 saturated heterocycles. The number of halogens is 1. The van der Waals surface area contributed by atoms with Crippen LogP contribution in [-0.4, -0.2) is 22.9 Å². The van der Waals surface area contributed by atoms with Crippen LogP contribution in [0.3, 0.4) is 0 Å². The number of anilines is 1. The third-order valence-corrected chi connectivity index (χ3v) is 2.39. The summed E-state index contributed by atoms with van der Waals surface area (Å²) in [7, 11) is 1.50. The van der Waals surface area contributed by atoms with Crippen LogP contribution < -0.4 is 11.1 Å². The van der Waals surface area contributed by atoms with E-state index in [1.165, 1.54) is 25.4 Å². The number of carbonyl (C=O) groups is 1. The zero-order valence-electron chi connectivity index (χ0n) is 9.64. The van der Waals surface area contributed by atoms with E-state index in [1.807, 2.05) is 0 Å². The molecule has 0 aliphatic rings. The lowest BCUT2D eigenvalue weighted by atomic mass is 10.2. The topological polar surface area (TPSA) is 80.9 Å². The third kappa shape index (κ3) is 2.27. The van der Waals surface area contributed by atoms with Crippen molar-refractivity contribution in [2.45, 2.75) is 0 Å². The van der Waals surface area contributed by atoms with Crippen LogP contribution in [0.15, 0.2) is 30.5 Å². The van der Waals surface area contributed by atoms with E-state index in [0.29, 0.717) is 11.4 Å². The molecule has 5 nitrogen and oxygen atoms in total. The van der Waals surface area contributed by atoms with Gasteiger partial charge >= 0.3 is 0 Å². The first-order chi connectivity index (χ1) is 8.61. The van der Waals surface area contributed by atoms with Crippen molar-refractivity contribution in [1.82, 2.24) is 15.3 Å². The van der Waals surface area contributed by atoms with Crippen LogP contribution in [0.2, 0.25) is 0 Å². The molecule has 0 spiro atoms. The minimum atomic E-state index is -0.349. The van der Waals surface area contributed by atoms with Crippen molar-refractivity contribution < 1.29 is 9.18 Å². The molecule has 0 unspecified atom stereocenters. The number of amides is 1. The van der Waals surface area contributed by atoms with E-state index in [4.69, 9.17) is 5.73 Å². The van der Waals surface area contributed by atoms with Crippen LogP contribution in [0.25, 0.3) is 11.4 Å². The Labute approximate surface area is 103 Å². The van der Waals surface area contributed by atoms with E-state index in [0.717, 1.165) is 0 Å². The minimum absolute atomic E-state index is 0.0867. The lowest BCUT2D eigenvalue weighted by molar-refractivity contribution is 0.0963. The van der Waals surface area contributed by atoms with E-state index in [2.05, 4.69) is 15.3 Å². The SMILES string of the molecule is CNC(=O)c1cnc(-c2ccc(F)cc2)nc1N. The van der Waals surface area contributed by atoms with Gasteiger partial charge in [-0.1, -0.05) is 0 Å². The number of nitrogen functional groups attached to an aromatic ring is 1. The van der Waals surface area contributed by atoms with Gasteiger partial charge in [0.2, 0.25) is 0 Å². The molecule has 2 aromatic rings. The summed E-state index contributed by atoms with van der Waals surface area (Å²) in [5, 5.41) is 2.44. The maximum Gasteiger partial charge on any atom is 0.256 e. The first kappa shape index (κ1) is 12.0. The molecule has 18 heavy (non-hydrogen) atoms. The molecule has 1 aromatic heterocycles. The average molecular weight is 246 g/mol. The number of nitrogens with two attached hydrogens (primary N) is 1. The summed E-state index contributed by atoms with van der Waals surface area (Å²) in [5.41, 5.74) is 6.52. The van der Waals surface area contributed by atoms with E-state index < -0.39 is 0 Å². The molecule has 1 amide bonds. The Kier molecular flexibility index (Phi) is 3.18. The van der Waals surface area contributed by atoms with E-state index in [1.54, 1.807) is 12.1 Å². The Morgan fingerprint density at radius 1 is 1.33 bits per heavy atom. The summed E-state index contributed by atoms with van der Waals surface area (Å²) < 4.78 is 12.8. The van der Waals surface area contributed by atoms with Crippen LogP contribution in [-0.2, 0) is 0 Å². The van der Waals surface area contributed by atoms with Gasteiger partial charge in [0, 0.05) is 18.8 Å². The molecule has 0 radical (unpaired) electrons. The molecule has 92 valence electrons. The molecule has 0 bridgehead atoms. The van der Waals surface area contributed by atoms with Gasteiger partial charge in [0.25, 0.3) is 5.91 Å². The molecule has 0 aliphatic heterocycles. The highest BCUT2D eigenvalue weighted by atomic mass is 19.1. The normalized spacial score (nSPS) is 10.1. The molecule has 3 N–H and O–H groups in total. The Bertz CT molecular complexity index is 583. The summed E-state index contributed by atoms with van der Waals surface area (Å²) in [6.07, 6.45) is 1.35. The van der Waals surface area contributed by atoms with Crippen molar-refractivity contribution in [3.8, 4) is 11.4 Å². The number of rotatable bonds is 2. The fraction of sp³-hybridized carbons (Fsp3) is 0.0833. The maximum atomic E-state index is 12.8. The van der Waals surface area contributed by atoms with Crippen molar-refractivity contribution in [2.75, 3.05) is 12.8 Å². The average Bonchev–Trinajstić information content (AvgIpc) is 2.38. The van der Waals surface area contributed by atoms with Crippen molar-refractivity contribution >= 4 is 11.7 Å². The van der Waals surface area contributed by atoms with Gasteiger partial charge in [-0.05, 0) is 24.3 Å². The number of carbonyl (C=O) groups excluding carboxylic acids is 1. The van der Waals surface area contributed by atoms with Gasteiger partial charge in [0.15, 0.2) is 5.82 Å². The zero-order chi connectivity index (χ0) is 13.1. The number of hydrogen-bond acceptors (Lipinski definition) is 4. The van der Waals surface area contributed by atoms with E-state index in [-0.39, 0.29) is 23.1 Å². The first-order valence-electron chi connectivity index (χ1n) is 5.22. The number of nitrogens with one attached hydrogen (secondary N) is 1. The second-order valence-corrected chi connectivity index (χ2v) is 3.58. The highest BCUT2D eigenvalue weighted by Crippen LogP contribution is 2.17. The molecule has 1 heterocycles. The molecule has 6 heteroatoms. The number of benzene rings is 1. The molecular formula is C12H11FN4O. The van der Waals surface area contributed by atoms with E-state index in [9.17, 15) is 9.18 Å². The number of nitrogens with zero attached hydrogens (tertiary/aromatic N) is 2. The molecule has 0 atom stereocenters. The number of aromatic nitrogens is 2. The van der Waals surface area contributed by atoms with Crippen LogP contribution in [0, 0.1) is 5.82 Å². The zero-order valence-corrected chi connectivity index (χ0v) is 9.64. The fourth-order valence-electron chi connectivity index (χ4n) is 1.44. The molecule has 0 fully saturated rings. The Morgan fingerprint density at radius 2 is 2.00 bits per heavy atom. The molecular weight excluding hydrogens is 235 g/mol. The molecule has 1 aromatic carbocycles. The quantitative estimate of drug-likeness (QED) is 0.835. The maximum absolute atomic E-state index is 12.8. The predicted molar refractivity (Wildman–Crippen MR) is 65.2 cm³/mol. The van der Waals surface area contributed by atoms with Crippen molar-refractivity contribution in [2.24, 2.45) is 0 Å². The van der Waals surface area contributed by atoms with Crippen LogP contribution in [0.1, 0.15) is 10.4 Å². The molecule has 2 rings (SSSR count). The largest absolute Gasteiger partial charge is 0.383 e. The Hall–Kier alpha value is -2.50. The summed E-state index contributed by atoms with van der Waals surface area (Å²) in [5.74, 6) is -0.254. The van der Waals surface area contributed by atoms with E-state index >= 15 is 0 Å². The molecule has 0 saturated carbocycles. The van der Waals surface area contributed by atoms with Gasteiger partial charge < -0.3 is 11.1 Å². The van der Waals surface area contributed by atoms with Gasteiger partial charge in [-0.15, -0.1) is 0 Å². The van der Waals surface area contributed by atoms with Gasteiger partial charge in [0.1, 0.15) is 11.6 Å². The van der Waals surface area contributed by atoms with Crippen molar-refractivity contribution in [1.29, 1.82) is 0 Å². The highest BCUT2D eigenvalue weighted by Gasteiger charge is 2.11. The summed E-state index contributed by atoms with van der Waals surface area (Å²) in [6.45, 7) is 0. The molecule has 0 aliphatic carbocycles. The van der Waals surface area contributed by atoms with Crippen LogP contribution >= 0.6 is 0 Å². The van der Waals surface area contributed by atoms with Crippen molar-refractivity contribution in [3.05, 3.63) is 41.8 Å². The summed E-state index contributed by atoms with van der Waals surface area (Å²) in [6, 6.07) is 5.70.